The zero-order valence-corrected chi connectivity index (χ0v) is 12.0. The van der Waals surface area contributed by atoms with E-state index in [-0.39, 0.29) is 12.0 Å². The molecule has 4 heteroatoms. The number of hydrogen-bond acceptors (Lipinski definition) is 2. The molecule has 2 unspecified atom stereocenters. The molecule has 0 aromatic carbocycles. The van der Waals surface area contributed by atoms with Crippen molar-refractivity contribution in [2.45, 2.75) is 57.6 Å². The van der Waals surface area contributed by atoms with Crippen LogP contribution >= 0.6 is 11.6 Å². The lowest BCUT2D eigenvalue weighted by molar-refractivity contribution is -0.141. The molecule has 0 N–H and O–H groups in total. The first-order chi connectivity index (χ1) is 8.77. The van der Waals surface area contributed by atoms with Gasteiger partial charge in [-0.05, 0) is 38.5 Å². The van der Waals surface area contributed by atoms with E-state index in [1.807, 2.05) is 0 Å². The third-order valence-corrected chi connectivity index (χ3v) is 4.53. The third kappa shape index (κ3) is 3.00. The van der Waals surface area contributed by atoms with Crippen molar-refractivity contribution in [2.75, 3.05) is 19.0 Å². The maximum atomic E-state index is 12.7. The topological polar surface area (TPSA) is 29.5 Å². The van der Waals surface area contributed by atoms with Crippen molar-refractivity contribution in [3.8, 4) is 0 Å². The lowest BCUT2D eigenvalue weighted by Gasteiger charge is -2.39. The van der Waals surface area contributed by atoms with Gasteiger partial charge < -0.3 is 9.64 Å². The number of rotatable bonds is 6. The van der Waals surface area contributed by atoms with Gasteiger partial charge in [0.05, 0.1) is 12.0 Å². The summed E-state index contributed by atoms with van der Waals surface area (Å²) in [7, 11) is 0. The quantitative estimate of drug-likeness (QED) is 0.697. The second-order valence-electron chi connectivity index (χ2n) is 5.37. The van der Waals surface area contributed by atoms with E-state index in [9.17, 15) is 4.79 Å². The summed E-state index contributed by atoms with van der Waals surface area (Å²) in [5.41, 5.74) is 0. The van der Waals surface area contributed by atoms with Crippen LogP contribution in [0.4, 0.5) is 0 Å². The number of halogens is 1. The smallest absolute Gasteiger partial charge is 0.228 e. The Labute approximate surface area is 115 Å². The molecule has 1 heterocycles. The molecule has 2 fully saturated rings. The van der Waals surface area contributed by atoms with Crippen LogP contribution in [0.3, 0.4) is 0 Å². The van der Waals surface area contributed by atoms with Gasteiger partial charge in [-0.1, -0.05) is 6.92 Å². The predicted octanol–water partition coefficient (Wildman–Crippen LogP) is 2.81. The lowest BCUT2D eigenvalue weighted by Crippen LogP contribution is -2.48. The van der Waals surface area contributed by atoms with E-state index in [0.29, 0.717) is 17.8 Å². The molecule has 0 aromatic heterocycles. The highest BCUT2D eigenvalue weighted by atomic mass is 35.5. The lowest BCUT2D eigenvalue weighted by atomic mass is 9.89. The monoisotopic (exact) mass is 273 g/mol. The molecule has 18 heavy (non-hydrogen) atoms. The molecule has 2 atom stereocenters. The predicted molar refractivity (Wildman–Crippen MR) is 72.8 cm³/mol. The van der Waals surface area contributed by atoms with E-state index in [4.69, 9.17) is 16.3 Å². The molecule has 0 aromatic rings. The Morgan fingerprint density at radius 3 is 2.72 bits per heavy atom. The molecular formula is C14H24ClNO2. The summed E-state index contributed by atoms with van der Waals surface area (Å²) in [6.45, 7) is 3.66. The van der Waals surface area contributed by atoms with Crippen molar-refractivity contribution in [1.29, 1.82) is 0 Å². The number of hydrogen-bond donors (Lipinski definition) is 0. The van der Waals surface area contributed by atoms with Crippen molar-refractivity contribution < 1.29 is 9.53 Å². The minimum Gasteiger partial charge on any atom is -0.377 e. The number of nitrogens with zero attached hydrogens (tertiary/aromatic N) is 1. The summed E-state index contributed by atoms with van der Waals surface area (Å²) < 4.78 is 5.65. The Morgan fingerprint density at radius 2 is 2.17 bits per heavy atom. The van der Waals surface area contributed by atoms with Crippen LogP contribution in [0.1, 0.15) is 45.4 Å². The first kappa shape index (κ1) is 14.1. The number of ether oxygens (including phenoxy) is 1. The van der Waals surface area contributed by atoms with Gasteiger partial charge in [0.1, 0.15) is 0 Å². The first-order valence-corrected chi connectivity index (χ1v) is 7.79. The fraction of sp³-hybridized carbons (Fsp3) is 0.929. The van der Waals surface area contributed by atoms with Gasteiger partial charge in [0.2, 0.25) is 5.91 Å². The number of carbonyl (C=O) groups is 1. The van der Waals surface area contributed by atoms with Gasteiger partial charge in [-0.3, -0.25) is 4.79 Å². The van der Waals surface area contributed by atoms with Crippen LogP contribution < -0.4 is 0 Å². The minimum absolute atomic E-state index is 0.0888. The van der Waals surface area contributed by atoms with E-state index >= 15 is 0 Å². The van der Waals surface area contributed by atoms with Gasteiger partial charge in [0, 0.05) is 25.1 Å². The van der Waals surface area contributed by atoms with Gasteiger partial charge in [-0.25, -0.2) is 0 Å². The van der Waals surface area contributed by atoms with Crippen LogP contribution in [0.2, 0.25) is 0 Å². The molecule has 2 rings (SSSR count). The van der Waals surface area contributed by atoms with Crippen molar-refractivity contribution in [3.05, 3.63) is 0 Å². The highest BCUT2D eigenvalue weighted by Crippen LogP contribution is 2.31. The number of alkyl halides is 1. The summed E-state index contributed by atoms with van der Waals surface area (Å²) in [5, 5.41) is 0. The average Bonchev–Trinajstić information content (AvgIpc) is 2.79. The van der Waals surface area contributed by atoms with Crippen LogP contribution in [0.5, 0.6) is 0 Å². The molecule has 1 saturated heterocycles. The Balaban J connectivity index is 1.97. The molecule has 0 spiro atoms. The van der Waals surface area contributed by atoms with Crippen LogP contribution in [0.25, 0.3) is 0 Å². The Bertz CT molecular complexity index is 281. The van der Waals surface area contributed by atoms with E-state index in [2.05, 4.69) is 11.8 Å². The molecule has 1 amide bonds. The fourth-order valence-corrected chi connectivity index (χ4v) is 3.07. The standard InChI is InChI=1S/C14H24ClNO2/c1-2-13-12(7-10-18-13)14(17)16(9-4-8-15)11-5-3-6-11/h11-13H,2-10H2,1H3. The van der Waals surface area contributed by atoms with Gasteiger partial charge >= 0.3 is 0 Å². The zero-order valence-electron chi connectivity index (χ0n) is 11.2. The Kier molecular flexibility index (Phi) is 5.31. The fourth-order valence-electron chi connectivity index (χ4n) is 2.95. The summed E-state index contributed by atoms with van der Waals surface area (Å²) >= 11 is 5.77. The molecule has 3 nitrogen and oxygen atoms in total. The largest absolute Gasteiger partial charge is 0.377 e. The molecule has 0 bridgehead atoms. The highest BCUT2D eigenvalue weighted by Gasteiger charge is 2.38. The number of amides is 1. The average molecular weight is 274 g/mol. The summed E-state index contributed by atoms with van der Waals surface area (Å²) in [6, 6.07) is 0.471. The zero-order chi connectivity index (χ0) is 13.0. The van der Waals surface area contributed by atoms with Crippen molar-refractivity contribution >= 4 is 17.5 Å². The summed E-state index contributed by atoms with van der Waals surface area (Å²) in [6.07, 6.45) is 6.45. The van der Waals surface area contributed by atoms with Gasteiger partial charge in [0.25, 0.3) is 0 Å². The number of carbonyl (C=O) groups excluding carboxylic acids is 1. The molecule has 1 saturated carbocycles. The third-order valence-electron chi connectivity index (χ3n) is 4.26. The molecule has 1 aliphatic heterocycles. The second-order valence-corrected chi connectivity index (χ2v) is 5.75. The maximum Gasteiger partial charge on any atom is 0.228 e. The van der Waals surface area contributed by atoms with E-state index < -0.39 is 0 Å². The van der Waals surface area contributed by atoms with Crippen molar-refractivity contribution in [3.63, 3.8) is 0 Å². The van der Waals surface area contributed by atoms with Gasteiger partial charge in [-0.2, -0.15) is 0 Å². The van der Waals surface area contributed by atoms with E-state index in [1.54, 1.807) is 0 Å². The van der Waals surface area contributed by atoms with Crippen LogP contribution in [0, 0.1) is 5.92 Å². The van der Waals surface area contributed by atoms with E-state index in [1.165, 1.54) is 19.3 Å². The second kappa shape index (κ2) is 6.76. The van der Waals surface area contributed by atoms with Crippen LogP contribution in [0.15, 0.2) is 0 Å². The first-order valence-electron chi connectivity index (χ1n) is 7.26. The summed E-state index contributed by atoms with van der Waals surface area (Å²) in [4.78, 5) is 14.7. The molecule has 2 aliphatic rings. The minimum atomic E-state index is 0.0888. The molecule has 0 radical (unpaired) electrons. The summed E-state index contributed by atoms with van der Waals surface area (Å²) in [5.74, 6) is 1.04. The van der Waals surface area contributed by atoms with Crippen LogP contribution in [-0.2, 0) is 9.53 Å². The normalized spacial score (nSPS) is 28.1. The van der Waals surface area contributed by atoms with Crippen molar-refractivity contribution in [2.24, 2.45) is 5.92 Å². The van der Waals surface area contributed by atoms with E-state index in [0.717, 1.165) is 32.4 Å². The molecular weight excluding hydrogens is 250 g/mol. The Morgan fingerprint density at radius 1 is 1.39 bits per heavy atom. The highest BCUT2D eigenvalue weighted by molar-refractivity contribution is 6.17. The molecule has 104 valence electrons. The van der Waals surface area contributed by atoms with Gasteiger partial charge in [0.15, 0.2) is 0 Å². The van der Waals surface area contributed by atoms with Crippen LogP contribution in [-0.4, -0.2) is 42.0 Å². The van der Waals surface area contributed by atoms with Gasteiger partial charge in [-0.15, -0.1) is 11.6 Å². The Hall–Kier alpha value is -0.280. The maximum absolute atomic E-state index is 12.7. The SMILES string of the molecule is CCC1OCCC1C(=O)N(CCCCl)C1CCC1. The van der Waals surface area contributed by atoms with Crippen molar-refractivity contribution in [1.82, 2.24) is 4.90 Å². The molecule has 1 aliphatic carbocycles.